The maximum Gasteiger partial charge on any atom is 0.251 e. The van der Waals surface area contributed by atoms with Crippen molar-refractivity contribution < 1.29 is 9.59 Å². The molecule has 1 aliphatic carbocycles. The van der Waals surface area contributed by atoms with Gasteiger partial charge in [-0.2, -0.15) is 0 Å². The van der Waals surface area contributed by atoms with Gasteiger partial charge in [0.2, 0.25) is 0 Å². The Kier molecular flexibility index (Phi) is 5.36. The monoisotopic (exact) mass is 322 g/mol. The van der Waals surface area contributed by atoms with Gasteiger partial charge in [-0.1, -0.05) is 37.5 Å². The summed E-state index contributed by atoms with van der Waals surface area (Å²) in [5.41, 5.74) is 1.19. The normalized spacial score (nSPS) is 16.3. The first-order valence-corrected chi connectivity index (χ1v) is 8.56. The van der Waals surface area contributed by atoms with Crippen LogP contribution in [-0.2, 0) is 0 Å². The zero-order chi connectivity index (χ0) is 16.8. The Bertz CT molecular complexity index is 679. The highest BCUT2D eigenvalue weighted by Gasteiger charge is 2.31. The second-order valence-electron chi connectivity index (χ2n) is 6.32. The van der Waals surface area contributed by atoms with Crippen molar-refractivity contribution in [3.05, 3.63) is 66.0 Å². The average Bonchev–Trinajstić information content (AvgIpc) is 2.67. The molecule has 0 aliphatic heterocycles. The lowest BCUT2D eigenvalue weighted by Crippen LogP contribution is -2.46. The first kappa shape index (κ1) is 16.4. The molecule has 1 unspecified atom stereocenters. The van der Waals surface area contributed by atoms with Crippen molar-refractivity contribution in [3.63, 3.8) is 0 Å². The molecule has 24 heavy (non-hydrogen) atoms. The number of carbonyl (C=O) groups is 2. The molecular weight excluding hydrogens is 300 g/mol. The van der Waals surface area contributed by atoms with Crippen molar-refractivity contribution in [3.8, 4) is 0 Å². The number of benzene rings is 1. The number of nitrogens with one attached hydrogen (secondary N) is 1. The van der Waals surface area contributed by atoms with Crippen molar-refractivity contribution in [2.75, 3.05) is 0 Å². The van der Waals surface area contributed by atoms with E-state index in [4.69, 9.17) is 0 Å². The van der Waals surface area contributed by atoms with Crippen molar-refractivity contribution in [2.45, 2.75) is 38.1 Å². The fraction of sp³-hybridized carbons (Fsp3) is 0.350. The summed E-state index contributed by atoms with van der Waals surface area (Å²) in [5.74, 6) is -0.00533. The summed E-state index contributed by atoms with van der Waals surface area (Å²) in [6.07, 6.45) is 8.64. The van der Waals surface area contributed by atoms with E-state index in [0.717, 1.165) is 25.7 Å². The van der Waals surface area contributed by atoms with Crippen LogP contribution in [0.5, 0.6) is 0 Å². The molecule has 1 amide bonds. The predicted octanol–water partition coefficient (Wildman–Crippen LogP) is 3.64. The summed E-state index contributed by atoms with van der Waals surface area (Å²) >= 11 is 0. The van der Waals surface area contributed by atoms with Crippen LogP contribution in [0.3, 0.4) is 0 Å². The third-order valence-corrected chi connectivity index (χ3v) is 4.69. The Balaban J connectivity index is 1.82. The summed E-state index contributed by atoms with van der Waals surface area (Å²) in [4.78, 5) is 29.5. The van der Waals surface area contributed by atoms with E-state index in [1.54, 1.807) is 36.7 Å². The molecule has 0 radical (unpaired) electrons. The molecule has 0 bridgehead atoms. The minimum Gasteiger partial charge on any atom is -0.342 e. The molecule has 0 spiro atoms. The Morgan fingerprint density at radius 2 is 1.58 bits per heavy atom. The Morgan fingerprint density at radius 3 is 2.25 bits per heavy atom. The molecule has 1 atom stereocenters. The number of amides is 1. The van der Waals surface area contributed by atoms with Gasteiger partial charge in [-0.15, -0.1) is 0 Å². The van der Waals surface area contributed by atoms with E-state index in [-0.39, 0.29) is 17.6 Å². The molecule has 1 saturated carbocycles. The summed E-state index contributed by atoms with van der Waals surface area (Å²) < 4.78 is 0. The minimum absolute atomic E-state index is 0.0198. The summed E-state index contributed by atoms with van der Waals surface area (Å²) in [5, 5.41) is 2.99. The van der Waals surface area contributed by atoms with E-state index in [9.17, 15) is 9.59 Å². The van der Waals surface area contributed by atoms with E-state index in [2.05, 4.69) is 10.3 Å². The maximum absolute atomic E-state index is 13.0. The zero-order valence-corrected chi connectivity index (χ0v) is 13.7. The van der Waals surface area contributed by atoms with Crippen LogP contribution in [0, 0.1) is 5.92 Å². The van der Waals surface area contributed by atoms with Crippen LogP contribution in [0.1, 0.15) is 52.8 Å². The highest BCUT2D eigenvalue weighted by molar-refractivity contribution is 6.04. The van der Waals surface area contributed by atoms with Crippen LogP contribution >= 0.6 is 0 Å². The highest BCUT2D eigenvalue weighted by atomic mass is 16.2. The minimum atomic E-state index is -0.472. The van der Waals surface area contributed by atoms with E-state index in [1.807, 2.05) is 18.2 Å². The van der Waals surface area contributed by atoms with Gasteiger partial charge >= 0.3 is 0 Å². The molecule has 1 aliphatic rings. The number of aromatic nitrogens is 1. The molecule has 1 fully saturated rings. The molecule has 3 rings (SSSR count). The average molecular weight is 322 g/mol. The van der Waals surface area contributed by atoms with E-state index >= 15 is 0 Å². The van der Waals surface area contributed by atoms with E-state index in [0.29, 0.717) is 11.1 Å². The number of Topliss-reactive ketones (excluding diaryl/α,β-unsaturated/α-hetero) is 1. The predicted molar refractivity (Wildman–Crippen MR) is 92.8 cm³/mol. The summed E-state index contributed by atoms with van der Waals surface area (Å²) in [7, 11) is 0. The van der Waals surface area contributed by atoms with Gasteiger partial charge in [-0.3, -0.25) is 14.6 Å². The molecule has 1 N–H and O–H groups in total. The highest BCUT2D eigenvalue weighted by Crippen LogP contribution is 2.28. The van der Waals surface area contributed by atoms with Gasteiger partial charge in [0.05, 0.1) is 6.04 Å². The van der Waals surface area contributed by atoms with Gasteiger partial charge in [0.15, 0.2) is 5.78 Å². The van der Waals surface area contributed by atoms with Gasteiger partial charge in [0, 0.05) is 23.5 Å². The third-order valence-electron chi connectivity index (χ3n) is 4.69. The number of ketones is 1. The number of nitrogens with zero attached hydrogens (tertiary/aromatic N) is 1. The van der Waals surface area contributed by atoms with Gasteiger partial charge < -0.3 is 5.32 Å². The van der Waals surface area contributed by atoms with Gasteiger partial charge in [-0.25, -0.2) is 0 Å². The number of hydrogen-bond acceptors (Lipinski definition) is 3. The van der Waals surface area contributed by atoms with Crippen LogP contribution in [0.2, 0.25) is 0 Å². The van der Waals surface area contributed by atoms with Crippen LogP contribution in [0.15, 0.2) is 54.9 Å². The van der Waals surface area contributed by atoms with Crippen molar-refractivity contribution in [1.29, 1.82) is 0 Å². The molecular formula is C20H22N2O2. The Hall–Kier alpha value is -2.49. The first-order valence-electron chi connectivity index (χ1n) is 8.56. The lowest BCUT2D eigenvalue weighted by molar-refractivity contribution is 0.0802. The molecule has 1 aromatic heterocycles. The van der Waals surface area contributed by atoms with Crippen LogP contribution in [0.4, 0.5) is 0 Å². The van der Waals surface area contributed by atoms with Gasteiger partial charge in [0.25, 0.3) is 5.91 Å². The van der Waals surface area contributed by atoms with Crippen LogP contribution in [-0.4, -0.2) is 22.7 Å². The van der Waals surface area contributed by atoms with E-state index in [1.165, 1.54) is 6.42 Å². The lowest BCUT2D eigenvalue weighted by atomic mass is 9.81. The van der Waals surface area contributed by atoms with Crippen molar-refractivity contribution in [1.82, 2.24) is 10.3 Å². The lowest BCUT2D eigenvalue weighted by Gasteiger charge is -2.30. The molecule has 4 nitrogen and oxygen atoms in total. The first-order chi connectivity index (χ1) is 11.8. The fourth-order valence-electron chi connectivity index (χ4n) is 3.37. The summed E-state index contributed by atoms with van der Waals surface area (Å²) in [6, 6.07) is 12.0. The SMILES string of the molecule is O=C(NC(C(=O)c1ccncc1)C1CCCCC1)c1ccccc1. The van der Waals surface area contributed by atoms with Crippen LogP contribution < -0.4 is 5.32 Å². The maximum atomic E-state index is 13.0. The largest absolute Gasteiger partial charge is 0.342 e. The van der Waals surface area contributed by atoms with Crippen molar-refractivity contribution in [2.24, 2.45) is 5.92 Å². The molecule has 1 heterocycles. The second kappa shape index (κ2) is 7.86. The fourth-order valence-corrected chi connectivity index (χ4v) is 3.37. The molecule has 0 saturated heterocycles. The van der Waals surface area contributed by atoms with Crippen LogP contribution in [0.25, 0.3) is 0 Å². The van der Waals surface area contributed by atoms with E-state index < -0.39 is 6.04 Å². The molecule has 1 aromatic carbocycles. The number of pyridine rings is 1. The quantitative estimate of drug-likeness (QED) is 0.855. The third kappa shape index (κ3) is 3.88. The second-order valence-corrected chi connectivity index (χ2v) is 6.32. The zero-order valence-electron chi connectivity index (χ0n) is 13.7. The Morgan fingerprint density at radius 1 is 0.917 bits per heavy atom. The topological polar surface area (TPSA) is 59.1 Å². The van der Waals surface area contributed by atoms with Gasteiger partial charge in [-0.05, 0) is 43.0 Å². The molecule has 2 aromatic rings. The molecule has 124 valence electrons. The van der Waals surface area contributed by atoms with Crippen molar-refractivity contribution >= 4 is 11.7 Å². The molecule has 4 heteroatoms. The number of hydrogen-bond donors (Lipinski definition) is 1. The number of rotatable bonds is 5. The summed E-state index contributed by atoms with van der Waals surface area (Å²) in [6.45, 7) is 0. The van der Waals surface area contributed by atoms with Gasteiger partial charge in [0.1, 0.15) is 0 Å². The smallest absolute Gasteiger partial charge is 0.251 e. The number of carbonyl (C=O) groups excluding carboxylic acids is 2. The standard InChI is InChI=1S/C20H22N2O2/c23-19(16-11-13-21-14-12-16)18(15-7-3-1-4-8-15)22-20(24)17-9-5-2-6-10-17/h2,5-6,9-15,18H,1,3-4,7-8H2,(H,22,24). The Labute approximate surface area is 142 Å².